The van der Waals surface area contributed by atoms with Crippen LogP contribution in [-0.4, -0.2) is 5.52 Å². The highest BCUT2D eigenvalue weighted by Crippen LogP contribution is 2.16. The molecule has 0 radical (unpaired) electrons. The Balaban J connectivity index is 2.69. The minimum atomic E-state index is 0.536. The normalized spacial score (nSPS) is 9.40. The minimum absolute atomic E-state index is 0.536. The number of benzene rings is 1. The van der Waals surface area contributed by atoms with E-state index >= 15 is 0 Å². The van der Waals surface area contributed by atoms with Gasteiger partial charge in [-0.25, -0.2) is 0 Å². The fourth-order valence-electron chi connectivity index (χ4n) is 0.594. The van der Waals surface area contributed by atoms with Crippen LogP contribution < -0.4 is 4.74 Å². The maximum atomic E-state index is 5.16. The van der Waals surface area contributed by atoms with E-state index in [4.69, 9.17) is 4.74 Å². The van der Waals surface area contributed by atoms with Gasteiger partial charge in [0.05, 0.1) is 0 Å². The zero-order valence-corrected chi connectivity index (χ0v) is 8.35. The molecule has 0 spiro atoms. The maximum Gasteiger partial charge on any atom is 0.143 e. The van der Waals surface area contributed by atoms with Crippen LogP contribution >= 0.6 is 31.9 Å². The summed E-state index contributed by atoms with van der Waals surface area (Å²) in [6.07, 6.45) is 0. The van der Waals surface area contributed by atoms with Crippen LogP contribution in [0.15, 0.2) is 28.7 Å². The predicted molar refractivity (Wildman–Crippen MR) is 48.6 cm³/mol. The SMILES string of the molecule is BrCOc1ccc(Br)cc1. The van der Waals surface area contributed by atoms with Crippen LogP contribution in [0.2, 0.25) is 0 Å². The van der Waals surface area contributed by atoms with Gasteiger partial charge in [0, 0.05) is 4.47 Å². The Bertz CT molecular complexity index is 195. The molecule has 0 atom stereocenters. The first-order valence-corrected chi connectivity index (χ1v) is 4.68. The first-order valence-electron chi connectivity index (χ1n) is 2.77. The molecule has 0 aliphatic heterocycles. The minimum Gasteiger partial charge on any atom is -0.482 e. The first-order chi connectivity index (χ1) is 4.83. The largest absolute Gasteiger partial charge is 0.482 e. The van der Waals surface area contributed by atoms with E-state index in [1.165, 1.54) is 0 Å². The van der Waals surface area contributed by atoms with Crippen molar-refractivity contribution in [1.29, 1.82) is 0 Å². The Hall–Kier alpha value is -0.0200. The third-order valence-corrected chi connectivity index (χ3v) is 1.79. The van der Waals surface area contributed by atoms with Crippen molar-refractivity contribution in [2.45, 2.75) is 0 Å². The van der Waals surface area contributed by atoms with E-state index < -0.39 is 0 Å². The number of halogens is 2. The van der Waals surface area contributed by atoms with E-state index in [2.05, 4.69) is 31.9 Å². The zero-order chi connectivity index (χ0) is 7.40. The van der Waals surface area contributed by atoms with E-state index in [0.29, 0.717) is 5.52 Å². The van der Waals surface area contributed by atoms with Gasteiger partial charge in [-0.1, -0.05) is 15.9 Å². The van der Waals surface area contributed by atoms with E-state index in [-0.39, 0.29) is 0 Å². The van der Waals surface area contributed by atoms with Crippen LogP contribution in [0.5, 0.6) is 5.75 Å². The molecule has 0 aliphatic rings. The number of rotatable bonds is 2. The monoisotopic (exact) mass is 264 g/mol. The van der Waals surface area contributed by atoms with Crippen LogP contribution in [-0.2, 0) is 0 Å². The second-order valence-corrected chi connectivity index (χ2v) is 3.08. The second-order valence-electron chi connectivity index (χ2n) is 1.71. The van der Waals surface area contributed by atoms with Gasteiger partial charge in [-0.3, -0.25) is 0 Å². The molecular weight excluding hydrogens is 260 g/mol. The van der Waals surface area contributed by atoms with Crippen LogP contribution in [0.25, 0.3) is 0 Å². The smallest absolute Gasteiger partial charge is 0.143 e. The molecule has 0 amide bonds. The van der Waals surface area contributed by atoms with Gasteiger partial charge in [0.15, 0.2) is 0 Å². The summed E-state index contributed by atoms with van der Waals surface area (Å²) >= 11 is 6.50. The highest BCUT2D eigenvalue weighted by molar-refractivity contribution is 9.10. The molecule has 0 aromatic heterocycles. The molecule has 54 valence electrons. The highest BCUT2D eigenvalue weighted by atomic mass is 79.9. The van der Waals surface area contributed by atoms with Gasteiger partial charge in [-0.2, -0.15) is 0 Å². The van der Waals surface area contributed by atoms with Crippen molar-refractivity contribution in [2.24, 2.45) is 0 Å². The Morgan fingerprint density at radius 2 is 1.80 bits per heavy atom. The van der Waals surface area contributed by atoms with Gasteiger partial charge in [0.2, 0.25) is 0 Å². The topological polar surface area (TPSA) is 9.23 Å². The Morgan fingerprint density at radius 3 is 2.30 bits per heavy atom. The molecule has 0 saturated carbocycles. The molecular formula is C7H6Br2O. The summed E-state index contributed by atoms with van der Waals surface area (Å²) in [5.74, 6) is 0.875. The third-order valence-electron chi connectivity index (χ3n) is 1.03. The maximum absolute atomic E-state index is 5.16. The molecule has 0 bridgehead atoms. The molecule has 3 heteroatoms. The summed E-state index contributed by atoms with van der Waals surface area (Å²) in [5, 5.41) is 0. The predicted octanol–water partition coefficient (Wildman–Crippen LogP) is 3.18. The Labute approximate surface area is 76.6 Å². The standard InChI is InChI=1S/C7H6Br2O/c8-5-10-7-3-1-6(9)2-4-7/h1-4H,5H2. The summed E-state index contributed by atoms with van der Waals surface area (Å²) in [6.45, 7) is 0. The van der Waals surface area contributed by atoms with E-state index in [9.17, 15) is 0 Å². The molecule has 1 rings (SSSR count). The second kappa shape index (κ2) is 3.98. The molecule has 1 aromatic carbocycles. The van der Waals surface area contributed by atoms with Gasteiger partial charge >= 0.3 is 0 Å². The van der Waals surface area contributed by atoms with Crippen molar-refractivity contribution in [2.75, 3.05) is 5.52 Å². The molecule has 0 unspecified atom stereocenters. The summed E-state index contributed by atoms with van der Waals surface area (Å²) in [4.78, 5) is 0. The van der Waals surface area contributed by atoms with Gasteiger partial charge in [0.1, 0.15) is 11.3 Å². The lowest BCUT2D eigenvalue weighted by molar-refractivity contribution is 0.398. The van der Waals surface area contributed by atoms with Crippen molar-refractivity contribution < 1.29 is 4.74 Å². The summed E-state index contributed by atoms with van der Waals surface area (Å²) in [5.41, 5.74) is 0.536. The molecule has 10 heavy (non-hydrogen) atoms. The van der Waals surface area contributed by atoms with Crippen molar-refractivity contribution in [3.8, 4) is 5.75 Å². The van der Waals surface area contributed by atoms with E-state index in [1.807, 2.05) is 24.3 Å². The van der Waals surface area contributed by atoms with Crippen LogP contribution in [0, 0.1) is 0 Å². The Morgan fingerprint density at radius 1 is 1.20 bits per heavy atom. The van der Waals surface area contributed by atoms with Crippen molar-refractivity contribution >= 4 is 31.9 Å². The molecule has 1 nitrogen and oxygen atoms in total. The molecule has 0 aliphatic carbocycles. The lowest BCUT2D eigenvalue weighted by Crippen LogP contribution is -1.86. The van der Waals surface area contributed by atoms with Crippen LogP contribution in [0.4, 0.5) is 0 Å². The Kier molecular flexibility index (Phi) is 3.22. The highest BCUT2D eigenvalue weighted by Gasteiger charge is 1.89. The van der Waals surface area contributed by atoms with Gasteiger partial charge in [-0.15, -0.1) is 0 Å². The van der Waals surface area contributed by atoms with Crippen molar-refractivity contribution in [1.82, 2.24) is 0 Å². The molecule has 0 heterocycles. The van der Waals surface area contributed by atoms with E-state index in [0.717, 1.165) is 10.2 Å². The molecule has 1 aromatic rings. The van der Waals surface area contributed by atoms with Gasteiger partial charge < -0.3 is 4.74 Å². The average Bonchev–Trinajstić information content (AvgIpc) is 1.95. The molecule has 0 saturated heterocycles. The quantitative estimate of drug-likeness (QED) is 0.747. The number of hydrogen-bond donors (Lipinski definition) is 0. The lowest BCUT2D eigenvalue weighted by atomic mass is 10.3. The summed E-state index contributed by atoms with van der Waals surface area (Å²) in [6, 6.07) is 7.70. The van der Waals surface area contributed by atoms with Crippen LogP contribution in [0.1, 0.15) is 0 Å². The lowest BCUT2D eigenvalue weighted by Gasteiger charge is -1.99. The molecule has 0 N–H and O–H groups in total. The van der Waals surface area contributed by atoms with E-state index in [1.54, 1.807) is 0 Å². The van der Waals surface area contributed by atoms with Gasteiger partial charge in [0.25, 0.3) is 0 Å². The number of ether oxygens (including phenoxy) is 1. The third kappa shape index (κ3) is 2.31. The van der Waals surface area contributed by atoms with Crippen molar-refractivity contribution in [3.05, 3.63) is 28.7 Å². The fraction of sp³-hybridized carbons (Fsp3) is 0.143. The average molecular weight is 266 g/mol. The van der Waals surface area contributed by atoms with Crippen molar-refractivity contribution in [3.63, 3.8) is 0 Å². The zero-order valence-electron chi connectivity index (χ0n) is 5.18. The number of alkyl halides is 1. The summed E-state index contributed by atoms with van der Waals surface area (Å²) < 4.78 is 6.22. The van der Waals surface area contributed by atoms with Crippen LogP contribution in [0.3, 0.4) is 0 Å². The molecule has 0 fully saturated rings. The van der Waals surface area contributed by atoms with Gasteiger partial charge in [-0.05, 0) is 40.2 Å². The first kappa shape index (κ1) is 8.08. The summed E-state index contributed by atoms with van der Waals surface area (Å²) in [7, 11) is 0. The fourth-order valence-corrected chi connectivity index (χ4v) is 1.12. The number of hydrogen-bond acceptors (Lipinski definition) is 1.